The lowest BCUT2D eigenvalue weighted by Gasteiger charge is -2.20. The predicted molar refractivity (Wildman–Crippen MR) is 85.2 cm³/mol. The van der Waals surface area contributed by atoms with E-state index >= 15 is 0 Å². The van der Waals surface area contributed by atoms with Crippen LogP contribution in [0.1, 0.15) is 32.3 Å². The molecule has 0 atom stereocenters. The molecular formula is C19H21NO. The highest BCUT2D eigenvalue weighted by molar-refractivity contribution is 5.34. The van der Waals surface area contributed by atoms with Crippen LogP contribution in [-0.2, 0) is 11.3 Å². The molecule has 1 aliphatic carbocycles. The minimum Gasteiger partial charge on any atom is -0.493 e. The molecule has 0 amide bonds. The van der Waals surface area contributed by atoms with Crippen LogP contribution in [0.5, 0.6) is 0 Å². The van der Waals surface area contributed by atoms with E-state index in [2.05, 4.69) is 36.4 Å². The van der Waals surface area contributed by atoms with Crippen LogP contribution in [0.4, 0.5) is 0 Å². The molecule has 2 nitrogen and oxygen atoms in total. The summed E-state index contributed by atoms with van der Waals surface area (Å²) in [6, 6.07) is 12.5. The molecule has 0 aliphatic heterocycles. The van der Waals surface area contributed by atoms with Crippen molar-refractivity contribution >= 4 is 0 Å². The smallest absolute Gasteiger partial charge is 0.113 e. The van der Waals surface area contributed by atoms with Crippen molar-refractivity contribution < 1.29 is 4.74 Å². The van der Waals surface area contributed by atoms with E-state index in [-0.39, 0.29) is 0 Å². The van der Waals surface area contributed by atoms with Gasteiger partial charge in [0.15, 0.2) is 0 Å². The lowest BCUT2D eigenvalue weighted by atomic mass is 9.84. The Morgan fingerprint density at radius 3 is 2.67 bits per heavy atom. The SMILES string of the molecule is CC(C)(C#N)C1=CC/C=C\C/C(OCc2ccccc2)=C\1. The highest BCUT2D eigenvalue weighted by Gasteiger charge is 2.22. The summed E-state index contributed by atoms with van der Waals surface area (Å²) >= 11 is 0. The standard InChI is InChI=1S/C19H21NO/c1-19(2,15-20)17-11-7-4-8-12-18(13-17)21-14-16-9-5-3-6-10-16/h3-6,8-11,13H,7,12,14H2,1-2H3/b8-4-,17-11?,18-13+. The molecule has 1 aromatic carbocycles. The molecule has 108 valence electrons. The third-order valence-corrected chi connectivity index (χ3v) is 3.54. The van der Waals surface area contributed by atoms with Crippen molar-refractivity contribution in [2.75, 3.05) is 0 Å². The number of rotatable bonds is 4. The molecule has 0 bridgehead atoms. The van der Waals surface area contributed by atoms with E-state index in [0.717, 1.165) is 29.7 Å². The van der Waals surface area contributed by atoms with E-state index in [1.165, 1.54) is 0 Å². The Kier molecular flexibility index (Phi) is 5.00. The van der Waals surface area contributed by atoms with Gasteiger partial charge in [-0.15, -0.1) is 0 Å². The second-order valence-electron chi connectivity index (χ2n) is 5.69. The van der Waals surface area contributed by atoms with E-state index < -0.39 is 5.41 Å². The molecule has 0 saturated carbocycles. The number of ether oxygens (including phenoxy) is 1. The zero-order valence-electron chi connectivity index (χ0n) is 12.7. The summed E-state index contributed by atoms with van der Waals surface area (Å²) in [4.78, 5) is 0. The normalized spacial score (nSPS) is 19.3. The quantitative estimate of drug-likeness (QED) is 0.733. The first-order valence-corrected chi connectivity index (χ1v) is 7.26. The highest BCUT2D eigenvalue weighted by Crippen LogP contribution is 2.29. The lowest BCUT2D eigenvalue weighted by Crippen LogP contribution is -2.11. The van der Waals surface area contributed by atoms with Crippen LogP contribution in [0.25, 0.3) is 0 Å². The first-order valence-electron chi connectivity index (χ1n) is 7.26. The molecular weight excluding hydrogens is 258 g/mol. The van der Waals surface area contributed by atoms with Gasteiger partial charge in [0.05, 0.1) is 11.5 Å². The summed E-state index contributed by atoms with van der Waals surface area (Å²) in [6.07, 6.45) is 9.99. The van der Waals surface area contributed by atoms with Gasteiger partial charge in [-0.1, -0.05) is 48.6 Å². The van der Waals surface area contributed by atoms with Gasteiger partial charge in [0.25, 0.3) is 0 Å². The number of nitrogens with zero attached hydrogens (tertiary/aromatic N) is 1. The Bertz CT molecular complexity index is 600. The first kappa shape index (κ1) is 15.1. The third kappa shape index (κ3) is 4.36. The van der Waals surface area contributed by atoms with Crippen molar-refractivity contribution in [3.05, 3.63) is 71.5 Å². The molecule has 21 heavy (non-hydrogen) atoms. The van der Waals surface area contributed by atoms with Gasteiger partial charge in [-0.25, -0.2) is 0 Å². The van der Waals surface area contributed by atoms with Gasteiger partial charge >= 0.3 is 0 Å². The summed E-state index contributed by atoms with van der Waals surface area (Å²) in [5.41, 5.74) is 1.68. The van der Waals surface area contributed by atoms with Crippen LogP contribution in [0, 0.1) is 16.7 Å². The van der Waals surface area contributed by atoms with Crippen LogP contribution < -0.4 is 0 Å². The minimum atomic E-state index is -0.494. The zero-order chi connectivity index (χ0) is 15.1. The number of hydrogen-bond acceptors (Lipinski definition) is 2. The molecule has 0 fully saturated rings. The fourth-order valence-electron chi connectivity index (χ4n) is 2.13. The molecule has 0 unspecified atom stereocenters. The third-order valence-electron chi connectivity index (χ3n) is 3.54. The first-order chi connectivity index (χ1) is 10.1. The second-order valence-corrected chi connectivity index (χ2v) is 5.69. The van der Waals surface area contributed by atoms with Crippen molar-refractivity contribution in [3.8, 4) is 6.07 Å². The molecule has 0 saturated heterocycles. The molecule has 2 rings (SSSR count). The number of allylic oxidation sites excluding steroid dienone is 5. The van der Waals surface area contributed by atoms with Gasteiger partial charge in [-0.3, -0.25) is 0 Å². The van der Waals surface area contributed by atoms with Crippen molar-refractivity contribution in [3.63, 3.8) is 0 Å². The van der Waals surface area contributed by atoms with Crippen LogP contribution in [0.15, 0.2) is 66.0 Å². The molecule has 2 heteroatoms. The van der Waals surface area contributed by atoms with Crippen LogP contribution in [-0.4, -0.2) is 0 Å². The molecule has 1 aromatic rings. The Morgan fingerprint density at radius 1 is 1.19 bits per heavy atom. The van der Waals surface area contributed by atoms with E-state index in [4.69, 9.17) is 4.74 Å². The number of benzene rings is 1. The second kappa shape index (κ2) is 6.95. The largest absolute Gasteiger partial charge is 0.493 e. The van der Waals surface area contributed by atoms with Crippen molar-refractivity contribution in [2.24, 2.45) is 5.41 Å². The average molecular weight is 279 g/mol. The molecule has 0 spiro atoms. The summed E-state index contributed by atoms with van der Waals surface area (Å²) in [5.74, 6) is 0.907. The Labute approximate surface area is 127 Å². The Balaban J connectivity index is 2.15. The maximum atomic E-state index is 9.32. The average Bonchev–Trinajstić information content (AvgIpc) is 2.47. The monoisotopic (exact) mass is 279 g/mol. The van der Waals surface area contributed by atoms with Gasteiger partial charge in [-0.2, -0.15) is 5.26 Å². The highest BCUT2D eigenvalue weighted by atomic mass is 16.5. The summed E-state index contributed by atoms with van der Waals surface area (Å²) in [6.45, 7) is 4.44. The van der Waals surface area contributed by atoms with Crippen LogP contribution >= 0.6 is 0 Å². The van der Waals surface area contributed by atoms with Gasteiger partial charge < -0.3 is 4.74 Å². The molecule has 0 heterocycles. The van der Waals surface area contributed by atoms with Crippen LogP contribution in [0.3, 0.4) is 0 Å². The fraction of sp³-hybridized carbons (Fsp3) is 0.316. The van der Waals surface area contributed by atoms with E-state index in [0.29, 0.717) is 6.61 Å². The molecule has 0 radical (unpaired) electrons. The molecule has 0 N–H and O–H groups in total. The van der Waals surface area contributed by atoms with Gasteiger partial charge in [0, 0.05) is 6.42 Å². The van der Waals surface area contributed by atoms with Gasteiger partial charge in [0.1, 0.15) is 12.4 Å². The summed E-state index contributed by atoms with van der Waals surface area (Å²) in [7, 11) is 0. The van der Waals surface area contributed by atoms with Crippen molar-refractivity contribution in [2.45, 2.75) is 33.3 Å². The molecule has 0 aromatic heterocycles. The Hall–Kier alpha value is -2.27. The van der Waals surface area contributed by atoms with Crippen LogP contribution in [0.2, 0.25) is 0 Å². The number of nitriles is 1. The maximum Gasteiger partial charge on any atom is 0.113 e. The van der Waals surface area contributed by atoms with E-state index in [1.54, 1.807) is 0 Å². The topological polar surface area (TPSA) is 33.0 Å². The van der Waals surface area contributed by atoms with Crippen molar-refractivity contribution in [1.29, 1.82) is 5.26 Å². The maximum absolute atomic E-state index is 9.32. The number of hydrogen-bond donors (Lipinski definition) is 0. The van der Waals surface area contributed by atoms with E-state index in [9.17, 15) is 5.26 Å². The summed E-state index contributed by atoms with van der Waals surface area (Å²) in [5, 5.41) is 9.32. The van der Waals surface area contributed by atoms with E-state index in [1.807, 2.05) is 38.1 Å². The fourth-order valence-corrected chi connectivity index (χ4v) is 2.13. The van der Waals surface area contributed by atoms with Crippen molar-refractivity contribution in [1.82, 2.24) is 0 Å². The minimum absolute atomic E-state index is 0.494. The Morgan fingerprint density at radius 2 is 1.95 bits per heavy atom. The zero-order valence-corrected chi connectivity index (χ0v) is 12.7. The predicted octanol–water partition coefficient (Wildman–Crippen LogP) is 4.91. The van der Waals surface area contributed by atoms with Gasteiger partial charge in [0.2, 0.25) is 0 Å². The summed E-state index contributed by atoms with van der Waals surface area (Å²) < 4.78 is 5.93. The lowest BCUT2D eigenvalue weighted by molar-refractivity contribution is 0.193. The van der Waals surface area contributed by atoms with Gasteiger partial charge in [-0.05, 0) is 37.5 Å². The molecule has 1 aliphatic rings.